The van der Waals surface area contributed by atoms with E-state index in [9.17, 15) is 4.79 Å². The molecule has 0 aromatic heterocycles. The van der Waals surface area contributed by atoms with Crippen molar-refractivity contribution in [1.82, 2.24) is 10.2 Å². The van der Waals surface area contributed by atoms with E-state index < -0.39 is 0 Å². The molecule has 1 aliphatic carbocycles. The van der Waals surface area contributed by atoms with E-state index in [1.54, 1.807) is 0 Å². The number of nitrogens with zero attached hydrogens (tertiary/aromatic N) is 1. The Hall–Kier alpha value is -0.610. The largest absolute Gasteiger partial charge is 0.337 e. The van der Waals surface area contributed by atoms with E-state index in [0.29, 0.717) is 24.4 Å². The van der Waals surface area contributed by atoms with Gasteiger partial charge in [-0.25, -0.2) is 0 Å². The Kier molecular flexibility index (Phi) is 5.01. The van der Waals surface area contributed by atoms with Crippen molar-refractivity contribution < 1.29 is 4.79 Å². The van der Waals surface area contributed by atoms with Crippen LogP contribution in [0.5, 0.6) is 0 Å². The van der Waals surface area contributed by atoms with Gasteiger partial charge >= 0.3 is 0 Å². The van der Waals surface area contributed by atoms with Gasteiger partial charge < -0.3 is 16.0 Å². The van der Waals surface area contributed by atoms with Gasteiger partial charge in [0.2, 0.25) is 5.91 Å². The number of carbonyl (C=O) groups is 1. The van der Waals surface area contributed by atoms with Gasteiger partial charge in [0.1, 0.15) is 0 Å². The Bertz CT molecular complexity index is 280. The van der Waals surface area contributed by atoms with Gasteiger partial charge in [0, 0.05) is 31.6 Å². The van der Waals surface area contributed by atoms with Crippen LogP contribution in [0.2, 0.25) is 0 Å². The van der Waals surface area contributed by atoms with Gasteiger partial charge in [-0.2, -0.15) is 0 Å². The summed E-state index contributed by atoms with van der Waals surface area (Å²) in [7, 11) is 0. The van der Waals surface area contributed by atoms with E-state index in [-0.39, 0.29) is 5.92 Å². The molecule has 1 aliphatic heterocycles. The minimum absolute atomic E-state index is 0.201. The minimum atomic E-state index is 0.201. The van der Waals surface area contributed by atoms with E-state index in [1.165, 1.54) is 6.42 Å². The summed E-state index contributed by atoms with van der Waals surface area (Å²) in [6.45, 7) is 5.62. The van der Waals surface area contributed by atoms with Crippen molar-refractivity contribution in [2.24, 2.45) is 17.6 Å². The summed E-state index contributed by atoms with van der Waals surface area (Å²) < 4.78 is 0. The van der Waals surface area contributed by atoms with E-state index in [0.717, 1.165) is 45.3 Å². The smallest absolute Gasteiger partial charge is 0.226 e. The molecule has 0 aromatic rings. The maximum atomic E-state index is 12.7. The van der Waals surface area contributed by atoms with Crippen molar-refractivity contribution >= 4 is 5.91 Å². The molecule has 0 spiro atoms. The maximum Gasteiger partial charge on any atom is 0.226 e. The molecule has 2 fully saturated rings. The first-order chi connectivity index (χ1) is 8.77. The molecule has 1 saturated heterocycles. The summed E-state index contributed by atoms with van der Waals surface area (Å²) in [5, 5.41) is 3.40. The molecular weight excluding hydrogens is 226 g/mol. The molecule has 4 heteroatoms. The topological polar surface area (TPSA) is 58.4 Å². The van der Waals surface area contributed by atoms with Crippen LogP contribution in [0.25, 0.3) is 0 Å². The highest BCUT2D eigenvalue weighted by Crippen LogP contribution is 2.33. The molecule has 1 amide bonds. The van der Waals surface area contributed by atoms with Crippen LogP contribution >= 0.6 is 0 Å². The summed E-state index contributed by atoms with van der Waals surface area (Å²) in [5.41, 5.74) is 5.80. The number of amides is 1. The third kappa shape index (κ3) is 2.86. The molecule has 0 bridgehead atoms. The van der Waals surface area contributed by atoms with Gasteiger partial charge in [-0.15, -0.1) is 0 Å². The standard InChI is InChI=1S/C14H27N3O/c1-2-4-12-10-16-7-8-17(12)14(18)13-6-3-5-11(13)9-15/h11-13,16H,2-10,15H2,1H3/t11-,12?,13-/m1/s1. The van der Waals surface area contributed by atoms with Gasteiger partial charge in [0.05, 0.1) is 0 Å². The average Bonchev–Trinajstić information content (AvgIpc) is 2.87. The van der Waals surface area contributed by atoms with Crippen LogP contribution in [0.15, 0.2) is 0 Å². The zero-order chi connectivity index (χ0) is 13.0. The lowest BCUT2D eigenvalue weighted by Gasteiger charge is -2.38. The normalized spacial score (nSPS) is 32.8. The molecule has 0 aromatic carbocycles. The van der Waals surface area contributed by atoms with Crippen molar-refractivity contribution in [2.75, 3.05) is 26.2 Å². The Balaban J connectivity index is 2.01. The molecule has 4 nitrogen and oxygen atoms in total. The zero-order valence-corrected chi connectivity index (χ0v) is 11.5. The molecular formula is C14H27N3O. The van der Waals surface area contributed by atoms with Crippen molar-refractivity contribution in [3.8, 4) is 0 Å². The van der Waals surface area contributed by atoms with Gasteiger partial charge in [-0.05, 0) is 31.7 Å². The number of nitrogens with one attached hydrogen (secondary N) is 1. The Labute approximate surface area is 110 Å². The molecule has 2 rings (SSSR count). The van der Waals surface area contributed by atoms with Crippen molar-refractivity contribution in [3.63, 3.8) is 0 Å². The van der Waals surface area contributed by atoms with Crippen LogP contribution in [0.3, 0.4) is 0 Å². The van der Waals surface area contributed by atoms with Crippen LogP contribution in [0, 0.1) is 11.8 Å². The average molecular weight is 253 g/mol. The fourth-order valence-corrected chi connectivity index (χ4v) is 3.50. The highest BCUT2D eigenvalue weighted by Gasteiger charge is 2.37. The van der Waals surface area contributed by atoms with Crippen LogP contribution in [-0.2, 0) is 4.79 Å². The maximum absolute atomic E-state index is 12.7. The second-order valence-electron chi connectivity index (χ2n) is 5.71. The second kappa shape index (κ2) is 6.53. The summed E-state index contributed by atoms with van der Waals surface area (Å²) in [4.78, 5) is 14.8. The first-order valence-electron chi connectivity index (χ1n) is 7.49. The third-order valence-corrected chi connectivity index (χ3v) is 4.53. The number of rotatable bonds is 4. The summed E-state index contributed by atoms with van der Waals surface area (Å²) in [6, 6.07) is 0.398. The fraction of sp³-hybridized carbons (Fsp3) is 0.929. The SMILES string of the molecule is CCCC1CNCCN1C(=O)[C@@H]1CCC[C@@H]1CN. The van der Waals surface area contributed by atoms with Gasteiger partial charge in [-0.3, -0.25) is 4.79 Å². The number of piperazine rings is 1. The first kappa shape index (κ1) is 13.8. The van der Waals surface area contributed by atoms with E-state index in [4.69, 9.17) is 5.73 Å². The predicted octanol–water partition coefficient (Wildman–Crippen LogP) is 0.962. The molecule has 3 N–H and O–H groups in total. The zero-order valence-electron chi connectivity index (χ0n) is 11.5. The molecule has 1 saturated carbocycles. The molecule has 104 valence electrons. The second-order valence-corrected chi connectivity index (χ2v) is 5.71. The number of carbonyl (C=O) groups excluding carboxylic acids is 1. The van der Waals surface area contributed by atoms with Crippen LogP contribution in [0.4, 0.5) is 0 Å². The summed E-state index contributed by atoms with van der Waals surface area (Å²) in [5.74, 6) is 1.00. The number of hydrogen-bond donors (Lipinski definition) is 2. The molecule has 2 aliphatic rings. The highest BCUT2D eigenvalue weighted by atomic mass is 16.2. The highest BCUT2D eigenvalue weighted by molar-refractivity contribution is 5.80. The third-order valence-electron chi connectivity index (χ3n) is 4.53. The van der Waals surface area contributed by atoms with Crippen LogP contribution in [-0.4, -0.2) is 43.0 Å². The van der Waals surface area contributed by atoms with E-state index in [2.05, 4.69) is 17.1 Å². The monoisotopic (exact) mass is 253 g/mol. The van der Waals surface area contributed by atoms with E-state index in [1.807, 2.05) is 0 Å². The molecule has 1 unspecified atom stereocenters. The lowest BCUT2D eigenvalue weighted by atomic mass is 9.93. The van der Waals surface area contributed by atoms with Gasteiger partial charge in [-0.1, -0.05) is 19.8 Å². The van der Waals surface area contributed by atoms with Crippen molar-refractivity contribution in [2.45, 2.75) is 45.1 Å². The lowest BCUT2D eigenvalue weighted by Crippen LogP contribution is -2.55. The molecule has 0 radical (unpaired) electrons. The Morgan fingerprint density at radius 2 is 2.28 bits per heavy atom. The first-order valence-corrected chi connectivity index (χ1v) is 7.49. The Morgan fingerprint density at radius 3 is 3.00 bits per heavy atom. The quantitative estimate of drug-likeness (QED) is 0.784. The number of nitrogens with two attached hydrogens (primary N) is 1. The fourth-order valence-electron chi connectivity index (χ4n) is 3.50. The lowest BCUT2D eigenvalue weighted by molar-refractivity contribution is -0.140. The van der Waals surface area contributed by atoms with Crippen LogP contribution < -0.4 is 11.1 Å². The Morgan fingerprint density at radius 1 is 1.44 bits per heavy atom. The van der Waals surface area contributed by atoms with Gasteiger partial charge in [0.25, 0.3) is 0 Å². The van der Waals surface area contributed by atoms with Gasteiger partial charge in [0.15, 0.2) is 0 Å². The predicted molar refractivity (Wildman–Crippen MR) is 73.2 cm³/mol. The molecule has 1 heterocycles. The number of hydrogen-bond acceptors (Lipinski definition) is 3. The molecule has 18 heavy (non-hydrogen) atoms. The molecule has 3 atom stereocenters. The minimum Gasteiger partial charge on any atom is -0.337 e. The van der Waals surface area contributed by atoms with Crippen LogP contribution in [0.1, 0.15) is 39.0 Å². The summed E-state index contributed by atoms with van der Waals surface area (Å²) >= 11 is 0. The van der Waals surface area contributed by atoms with Crippen molar-refractivity contribution in [3.05, 3.63) is 0 Å². The summed E-state index contributed by atoms with van der Waals surface area (Å²) in [6.07, 6.45) is 5.60. The van der Waals surface area contributed by atoms with Crippen molar-refractivity contribution in [1.29, 1.82) is 0 Å². The van der Waals surface area contributed by atoms with E-state index >= 15 is 0 Å².